The van der Waals surface area contributed by atoms with E-state index in [2.05, 4.69) is 5.32 Å². The molecule has 0 saturated carbocycles. The van der Waals surface area contributed by atoms with Gasteiger partial charge in [0.1, 0.15) is 18.5 Å². The Morgan fingerprint density at radius 1 is 1.29 bits per heavy atom. The lowest BCUT2D eigenvalue weighted by Crippen LogP contribution is -2.30. The first kappa shape index (κ1) is 18.4. The van der Waals surface area contributed by atoms with Crippen molar-refractivity contribution in [2.24, 2.45) is 0 Å². The number of hydrogen-bond acceptors (Lipinski definition) is 5. The minimum absolute atomic E-state index is 0.105. The summed E-state index contributed by atoms with van der Waals surface area (Å²) in [5.74, 6) is 0.555. The zero-order valence-electron chi connectivity index (χ0n) is 14.5. The van der Waals surface area contributed by atoms with Crippen molar-refractivity contribution >= 4 is 22.9 Å². The molecule has 1 aromatic heterocycles. The molecule has 6 heteroatoms. The second-order valence-electron chi connectivity index (χ2n) is 6.06. The molecule has 2 aromatic rings. The van der Waals surface area contributed by atoms with Crippen LogP contribution in [0.15, 0.2) is 30.3 Å². The van der Waals surface area contributed by atoms with Gasteiger partial charge in [0.15, 0.2) is 0 Å². The predicted octanol–water partition coefficient (Wildman–Crippen LogP) is 2.92. The summed E-state index contributed by atoms with van der Waals surface area (Å²) in [5.41, 5.74) is 1.84. The van der Waals surface area contributed by atoms with Gasteiger partial charge >= 0.3 is 0 Å². The van der Waals surface area contributed by atoms with Gasteiger partial charge in [0.2, 0.25) is 0 Å². The van der Waals surface area contributed by atoms with Gasteiger partial charge in [0.25, 0.3) is 5.91 Å². The van der Waals surface area contributed by atoms with Gasteiger partial charge in [0, 0.05) is 17.1 Å². The average Bonchev–Trinajstić information content (AvgIpc) is 2.85. The van der Waals surface area contributed by atoms with E-state index in [1.807, 2.05) is 38.9 Å². The molecule has 0 saturated heterocycles. The van der Waals surface area contributed by atoms with Crippen LogP contribution in [0.3, 0.4) is 0 Å². The number of rotatable bonds is 7. The fraction of sp³-hybridized carbons (Fsp3) is 0.389. The van der Waals surface area contributed by atoms with Crippen molar-refractivity contribution < 1.29 is 14.6 Å². The number of amides is 1. The smallest absolute Gasteiger partial charge is 0.265 e. The minimum Gasteiger partial charge on any atom is -0.491 e. The highest BCUT2D eigenvalue weighted by Gasteiger charge is 2.11. The number of carbonyl (C=O) groups excluding carboxylic acids is 1. The maximum atomic E-state index is 12.2. The molecule has 0 bridgehead atoms. The van der Waals surface area contributed by atoms with E-state index in [0.29, 0.717) is 22.9 Å². The molecule has 0 aliphatic rings. The summed E-state index contributed by atoms with van der Waals surface area (Å²) in [4.78, 5) is 16.0. The molecule has 0 aliphatic heterocycles. The maximum absolute atomic E-state index is 12.2. The molecule has 2 rings (SSSR count). The summed E-state index contributed by atoms with van der Waals surface area (Å²) < 4.78 is 5.55. The highest BCUT2D eigenvalue weighted by molar-refractivity contribution is 7.14. The van der Waals surface area contributed by atoms with Crippen LogP contribution in [0, 0.1) is 13.8 Å². The molecule has 1 heterocycles. The van der Waals surface area contributed by atoms with E-state index in [4.69, 9.17) is 4.74 Å². The fourth-order valence-corrected chi connectivity index (χ4v) is 3.11. The van der Waals surface area contributed by atoms with Crippen LogP contribution < -0.4 is 10.1 Å². The number of aliphatic hydroxyl groups excluding tert-OH is 1. The van der Waals surface area contributed by atoms with Gasteiger partial charge in [-0.05, 0) is 63.8 Å². The minimum atomic E-state index is -0.537. The number of nitrogens with one attached hydrogen (secondary N) is 1. The van der Waals surface area contributed by atoms with Crippen LogP contribution in [0.5, 0.6) is 5.75 Å². The first-order valence-corrected chi connectivity index (χ1v) is 8.61. The first-order chi connectivity index (χ1) is 11.3. The third-order valence-electron chi connectivity index (χ3n) is 3.52. The van der Waals surface area contributed by atoms with Gasteiger partial charge in [-0.2, -0.15) is 0 Å². The highest BCUT2D eigenvalue weighted by atomic mass is 32.1. The Kier molecular flexibility index (Phi) is 6.36. The van der Waals surface area contributed by atoms with E-state index >= 15 is 0 Å². The van der Waals surface area contributed by atoms with E-state index in [-0.39, 0.29) is 12.5 Å². The Hall–Kier alpha value is -1.89. The van der Waals surface area contributed by atoms with E-state index in [9.17, 15) is 9.90 Å². The Bertz CT molecular complexity index is 661. The first-order valence-electron chi connectivity index (χ1n) is 7.79. The normalized spacial score (nSPS) is 12.2. The molecular formula is C18H24N2O3S. The molecule has 1 atom stereocenters. The number of likely N-dealkylation sites (N-methyl/N-ethyl adjacent to an activating group) is 1. The Balaban J connectivity index is 1.88. The maximum Gasteiger partial charge on any atom is 0.265 e. The monoisotopic (exact) mass is 348 g/mol. The molecule has 1 unspecified atom stereocenters. The van der Waals surface area contributed by atoms with Gasteiger partial charge in [-0.25, -0.2) is 0 Å². The zero-order chi connectivity index (χ0) is 17.7. The molecule has 0 fully saturated rings. The van der Waals surface area contributed by atoms with Gasteiger partial charge < -0.3 is 20.1 Å². The molecule has 0 spiro atoms. The van der Waals surface area contributed by atoms with E-state index < -0.39 is 6.10 Å². The molecule has 1 aromatic carbocycles. The SMILES string of the molecule is Cc1cc(C(=O)Nc2ccc(OCC(O)CN(C)C)cc2)sc1C. The lowest BCUT2D eigenvalue weighted by molar-refractivity contribution is 0.0831. The Morgan fingerprint density at radius 2 is 1.96 bits per heavy atom. The van der Waals surface area contributed by atoms with Gasteiger partial charge in [-0.1, -0.05) is 0 Å². The summed E-state index contributed by atoms with van der Waals surface area (Å²) in [7, 11) is 3.80. The second kappa shape index (κ2) is 8.28. The van der Waals surface area contributed by atoms with Gasteiger partial charge in [-0.15, -0.1) is 11.3 Å². The van der Waals surface area contributed by atoms with Gasteiger partial charge in [0.05, 0.1) is 4.88 Å². The number of hydrogen-bond donors (Lipinski definition) is 2. The second-order valence-corrected chi connectivity index (χ2v) is 7.31. The van der Waals surface area contributed by atoms with Crippen LogP contribution in [-0.4, -0.2) is 49.3 Å². The van der Waals surface area contributed by atoms with E-state index in [0.717, 1.165) is 10.4 Å². The van der Waals surface area contributed by atoms with Crippen LogP contribution in [-0.2, 0) is 0 Å². The number of carbonyl (C=O) groups is 1. The number of thiophene rings is 1. The summed E-state index contributed by atoms with van der Waals surface area (Å²) in [6.45, 7) is 4.79. The molecule has 5 nitrogen and oxygen atoms in total. The van der Waals surface area contributed by atoms with Crippen molar-refractivity contribution in [1.82, 2.24) is 4.90 Å². The predicted molar refractivity (Wildman–Crippen MR) is 98.2 cm³/mol. The summed E-state index contributed by atoms with van der Waals surface area (Å²) >= 11 is 1.49. The fourth-order valence-electron chi connectivity index (χ4n) is 2.18. The molecular weight excluding hydrogens is 324 g/mol. The number of ether oxygens (including phenoxy) is 1. The summed E-state index contributed by atoms with van der Waals surface area (Å²) in [6.07, 6.45) is -0.537. The van der Waals surface area contributed by atoms with Crippen LogP contribution in [0.1, 0.15) is 20.1 Å². The Morgan fingerprint density at radius 3 is 2.50 bits per heavy atom. The standard InChI is InChI=1S/C18H24N2O3S/c1-12-9-17(24-13(12)2)18(22)19-14-5-7-16(8-6-14)23-11-15(21)10-20(3)4/h5-9,15,21H,10-11H2,1-4H3,(H,19,22). The molecule has 24 heavy (non-hydrogen) atoms. The van der Waals surface area contributed by atoms with E-state index in [1.54, 1.807) is 24.3 Å². The number of benzene rings is 1. The quantitative estimate of drug-likeness (QED) is 0.808. The molecule has 2 N–H and O–H groups in total. The van der Waals surface area contributed by atoms with E-state index in [1.165, 1.54) is 11.3 Å². The zero-order valence-corrected chi connectivity index (χ0v) is 15.3. The molecule has 0 aliphatic carbocycles. The van der Waals surface area contributed by atoms with Crippen molar-refractivity contribution in [3.63, 3.8) is 0 Å². The van der Waals surface area contributed by atoms with Crippen molar-refractivity contribution in [3.8, 4) is 5.75 Å². The number of anilines is 1. The number of aryl methyl sites for hydroxylation is 2. The van der Waals surface area contributed by atoms with Crippen LogP contribution >= 0.6 is 11.3 Å². The molecule has 130 valence electrons. The average molecular weight is 348 g/mol. The number of nitrogens with zero attached hydrogens (tertiary/aromatic N) is 1. The molecule has 1 amide bonds. The number of aliphatic hydroxyl groups is 1. The highest BCUT2D eigenvalue weighted by Crippen LogP contribution is 2.22. The third kappa shape index (κ3) is 5.33. The van der Waals surface area contributed by atoms with Crippen molar-refractivity contribution in [2.45, 2.75) is 20.0 Å². The Labute approximate surface area is 146 Å². The largest absolute Gasteiger partial charge is 0.491 e. The van der Waals surface area contributed by atoms with Crippen LogP contribution in [0.4, 0.5) is 5.69 Å². The summed E-state index contributed by atoms with van der Waals surface area (Å²) in [6, 6.07) is 9.04. The van der Waals surface area contributed by atoms with Crippen LogP contribution in [0.2, 0.25) is 0 Å². The van der Waals surface area contributed by atoms with Crippen molar-refractivity contribution in [1.29, 1.82) is 0 Å². The van der Waals surface area contributed by atoms with Crippen molar-refractivity contribution in [3.05, 3.63) is 45.6 Å². The summed E-state index contributed by atoms with van der Waals surface area (Å²) in [5, 5.41) is 12.7. The van der Waals surface area contributed by atoms with Crippen molar-refractivity contribution in [2.75, 3.05) is 32.6 Å². The lowest BCUT2D eigenvalue weighted by Gasteiger charge is -2.16. The molecule has 0 radical (unpaired) electrons. The third-order valence-corrected chi connectivity index (χ3v) is 4.67. The van der Waals surface area contributed by atoms with Gasteiger partial charge in [-0.3, -0.25) is 4.79 Å². The topological polar surface area (TPSA) is 61.8 Å². The lowest BCUT2D eigenvalue weighted by atomic mass is 10.2. The van der Waals surface area contributed by atoms with Crippen LogP contribution in [0.25, 0.3) is 0 Å².